The Labute approximate surface area is 114 Å². The van der Waals surface area contributed by atoms with Crippen LogP contribution < -0.4 is 4.74 Å². The van der Waals surface area contributed by atoms with Gasteiger partial charge in [-0.2, -0.15) is 0 Å². The molecule has 0 aliphatic carbocycles. The number of benzene rings is 1. The molecule has 1 aromatic rings. The molecule has 1 rings (SSSR count). The van der Waals surface area contributed by atoms with Crippen molar-refractivity contribution in [3.05, 3.63) is 24.3 Å². The maximum Gasteiger partial charge on any atom is 0.511 e. The Morgan fingerprint density at radius 3 is 2.16 bits per heavy atom. The summed E-state index contributed by atoms with van der Waals surface area (Å²) in [4.78, 5) is 11.3. The molecule has 0 spiro atoms. The van der Waals surface area contributed by atoms with Crippen molar-refractivity contribution in [1.29, 1.82) is 0 Å². The van der Waals surface area contributed by atoms with Gasteiger partial charge in [-0.1, -0.05) is 12.1 Å². The minimum Gasteiger partial charge on any atom is -0.726 e. The molecular formula is C10H14O7S2. The van der Waals surface area contributed by atoms with Crippen LogP contribution in [0.4, 0.5) is 4.79 Å². The summed E-state index contributed by atoms with van der Waals surface area (Å²) in [5.74, 6) is 0.434. The zero-order valence-corrected chi connectivity index (χ0v) is 12.2. The van der Waals surface area contributed by atoms with E-state index < -0.39 is 16.6 Å². The standard InChI is InChI=1S/C9H10O3S.CH4O4S/c1-13(2)8-6-4-3-5-7(8)12-9(10)11;1-5-6(2,3)4/h3-6H,1-2H3;1H3,(H,2,3,4). The Morgan fingerprint density at radius 1 is 1.32 bits per heavy atom. The molecule has 0 aliphatic rings. The van der Waals surface area contributed by atoms with Crippen LogP contribution in [0.15, 0.2) is 29.2 Å². The third-order valence-electron chi connectivity index (χ3n) is 1.69. The van der Waals surface area contributed by atoms with E-state index in [9.17, 15) is 17.8 Å². The van der Waals surface area contributed by atoms with E-state index in [-0.39, 0.29) is 10.9 Å². The van der Waals surface area contributed by atoms with Gasteiger partial charge in [0.1, 0.15) is 12.5 Å². The first-order valence-corrected chi connectivity index (χ1v) is 8.13. The van der Waals surface area contributed by atoms with Crippen molar-refractivity contribution in [2.75, 3.05) is 19.6 Å². The van der Waals surface area contributed by atoms with Crippen molar-refractivity contribution >= 4 is 27.4 Å². The van der Waals surface area contributed by atoms with Crippen LogP contribution in [0.3, 0.4) is 0 Å². The molecule has 0 amide bonds. The Morgan fingerprint density at radius 2 is 1.79 bits per heavy atom. The van der Waals surface area contributed by atoms with Gasteiger partial charge in [-0.05, 0) is 12.1 Å². The number of rotatable bonds is 3. The average molecular weight is 310 g/mol. The van der Waals surface area contributed by atoms with E-state index in [1.807, 2.05) is 24.6 Å². The van der Waals surface area contributed by atoms with Crippen LogP contribution in [0.1, 0.15) is 0 Å². The highest BCUT2D eigenvalue weighted by molar-refractivity contribution is 7.95. The normalized spacial score (nSPS) is 10.6. The second-order valence-electron chi connectivity index (χ2n) is 3.21. The van der Waals surface area contributed by atoms with Crippen molar-refractivity contribution in [2.45, 2.75) is 4.90 Å². The molecule has 1 N–H and O–H groups in total. The van der Waals surface area contributed by atoms with Gasteiger partial charge in [-0.15, -0.1) is 0 Å². The molecule has 0 aliphatic heterocycles. The number of hydrogen-bond acceptors (Lipinski definition) is 6. The molecule has 1 aromatic carbocycles. The molecule has 7 nitrogen and oxygen atoms in total. The van der Waals surface area contributed by atoms with E-state index in [1.54, 1.807) is 12.1 Å². The molecule has 19 heavy (non-hydrogen) atoms. The van der Waals surface area contributed by atoms with E-state index in [1.165, 1.54) is 0 Å². The van der Waals surface area contributed by atoms with E-state index in [0.29, 0.717) is 5.75 Å². The lowest BCUT2D eigenvalue weighted by molar-refractivity contribution is 0.143. The van der Waals surface area contributed by atoms with Gasteiger partial charge in [0.25, 0.3) is 0 Å². The quantitative estimate of drug-likeness (QED) is 0.292. The largest absolute Gasteiger partial charge is 0.726 e. The van der Waals surface area contributed by atoms with Gasteiger partial charge < -0.3 is 14.4 Å². The van der Waals surface area contributed by atoms with Crippen molar-refractivity contribution < 1.29 is 31.8 Å². The number of carbonyl (C=O) groups is 1. The van der Waals surface area contributed by atoms with Crippen molar-refractivity contribution in [3.63, 3.8) is 0 Å². The Hall–Kier alpha value is -1.29. The lowest BCUT2D eigenvalue weighted by atomic mass is 10.3. The van der Waals surface area contributed by atoms with Gasteiger partial charge in [0.2, 0.25) is 10.4 Å². The van der Waals surface area contributed by atoms with Crippen molar-refractivity contribution in [3.8, 4) is 5.75 Å². The SMILES string of the molecule is COS(=O)(=O)[O-].C[S+](C)c1ccccc1OC(=O)O. The van der Waals surface area contributed by atoms with Gasteiger partial charge >= 0.3 is 6.16 Å². The zero-order chi connectivity index (χ0) is 15.1. The lowest BCUT2D eigenvalue weighted by Crippen LogP contribution is -2.07. The number of carboxylic acid groups (broad SMARTS) is 1. The van der Waals surface area contributed by atoms with E-state index in [2.05, 4.69) is 8.92 Å². The average Bonchev–Trinajstić information content (AvgIpc) is 2.28. The number of hydrogen-bond donors (Lipinski definition) is 1. The summed E-state index contributed by atoms with van der Waals surface area (Å²) in [5, 5.41) is 8.45. The van der Waals surface area contributed by atoms with Crippen molar-refractivity contribution in [1.82, 2.24) is 0 Å². The monoisotopic (exact) mass is 310 g/mol. The molecule has 0 fully saturated rings. The fourth-order valence-corrected chi connectivity index (χ4v) is 1.83. The molecule has 0 bridgehead atoms. The van der Waals surface area contributed by atoms with Crippen molar-refractivity contribution in [2.24, 2.45) is 0 Å². The summed E-state index contributed by atoms with van der Waals surface area (Å²) < 4.78 is 35.7. The Bertz CT molecular complexity index is 510. The van der Waals surface area contributed by atoms with Gasteiger partial charge in [-0.25, -0.2) is 13.2 Å². The minimum atomic E-state index is -4.41. The highest BCUT2D eigenvalue weighted by Gasteiger charge is 2.16. The smallest absolute Gasteiger partial charge is 0.511 e. The highest BCUT2D eigenvalue weighted by Crippen LogP contribution is 2.23. The molecular weight excluding hydrogens is 296 g/mol. The zero-order valence-electron chi connectivity index (χ0n) is 10.5. The number of ether oxygens (including phenoxy) is 1. The first-order chi connectivity index (χ1) is 8.67. The van der Waals surface area contributed by atoms with E-state index in [0.717, 1.165) is 12.0 Å². The van der Waals surface area contributed by atoms with Crippen LogP contribution in [0, 0.1) is 0 Å². The molecule has 0 unspecified atom stereocenters. The Balaban J connectivity index is 0.000000459. The van der Waals surface area contributed by atoms with Crippen LogP contribution in [0.5, 0.6) is 5.75 Å². The lowest BCUT2D eigenvalue weighted by Gasteiger charge is -2.03. The summed E-state index contributed by atoms with van der Waals surface area (Å²) in [5.41, 5.74) is 0. The third kappa shape index (κ3) is 8.43. The summed E-state index contributed by atoms with van der Waals surface area (Å²) >= 11 is 0. The fraction of sp³-hybridized carbons (Fsp3) is 0.300. The van der Waals surface area contributed by atoms with Gasteiger partial charge in [0.05, 0.1) is 7.11 Å². The van der Waals surface area contributed by atoms with E-state index >= 15 is 0 Å². The predicted molar refractivity (Wildman–Crippen MR) is 69.3 cm³/mol. The second kappa shape index (κ2) is 8.00. The first kappa shape index (κ1) is 17.7. The van der Waals surface area contributed by atoms with Crippen LogP contribution >= 0.6 is 0 Å². The molecule has 0 saturated carbocycles. The fourth-order valence-electron chi connectivity index (χ4n) is 0.966. The molecule has 0 aromatic heterocycles. The van der Waals surface area contributed by atoms with Crippen LogP contribution in [0.2, 0.25) is 0 Å². The summed E-state index contributed by atoms with van der Waals surface area (Å²) in [6, 6.07) is 7.17. The van der Waals surface area contributed by atoms with Gasteiger partial charge in [0.15, 0.2) is 10.6 Å². The highest BCUT2D eigenvalue weighted by atomic mass is 32.3. The second-order valence-corrected chi connectivity index (χ2v) is 6.43. The molecule has 0 radical (unpaired) electrons. The van der Waals surface area contributed by atoms with Crippen LogP contribution in [-0.2, 0) is 25.5 Å². The first-order valence-electron chi connectivity index (χ1n) is 4.76. The van der Waals surface area contributed by atoms with Crippen LogP contribution in [-0.4, -0.2) is 43.9 Å². The molecule has 0 saturated heterocycles. The number of para-hydroxylation sites is 1. The van der Waals surface area contributed by atoms with Gasteiger partial charge in [-0.3, -0.25) is 4.18 Å². The van der Waals surface area contributed by atoms with E-state index in [4.69, 9.17) is 5.11 Å². The third-order valence-corrected chi connectivity index (χ3v) is 3.32. The molecule has 9 heteroatoms. The topological polar surface area (TPSA) is 113 Å². The minimum absolute atomic E-state index is 0.00474. The maximum absolute atomic E-state index is 10.3. The molecule has 108 valence electrons. The van der Waals surface area contributed by atoms with Crippen LogP contribution in [0.25, 0.3) is 0 Å². The molecule has 0 atom stereocenters. The predicted octanol–water partition coefficient (Wildman–Crippen LogP) is 1.07. The summed E-state index contributed by atoms with van der Waals surface area (Å²) in [6.45, 7) is 0. The molecule has 0 heterocycles. The maximum atomic E-state index is 10.3. The Kier molecular flexibility index (Phi) is 7.45. The van der Waals surface area contributed by atoms with Gasteiger partial charge in [0, 0.05) is 10.9 Å². The summed E-state index contributed by atoms with van der Waals surface area (Å²) in [6.07, 6.45) is 2.77. The summed E-state index contributed by atoms with van der Waals surface area (Å²) in [7, 11) is -3.60.